The van der Waals surface area contributed by atoms with Gasteiger partial charge in [-0.2, -0.15) is 0 Å². The minimum Gasteiger partial charge on any atom is -0.481 e. The number of urea groups is 1. The van der Waals surface area contributed by atoms with Crippen LogP contribution in [-0.2, 0) is 4.79 Å². The Morgan fingerprint density at radius 3 is 2.53 bits per heavy atom. The molecule has 5 atom stereocenters. The first kappa shape index (κ1) is 22.6. The largest absolute Gasteiger partial charge is 0.481 e. The van der Waals surface area contributed by atoms with Crippen molar-refractivity contribution in [1.82, 2.24) is 9.97 Å². The van der Waals surface area contributed by atoms with Gasteiger partial charge in [-0.3, -0.25) is 4.79 Å². The van der Waals surface area contributed by atoms with Crippen molar-refractivity contribution in [1.29, 1.82) is 0 Å². The number of carboxylic acids is 1. The summed E-state index contributed by atoms with van der Waals surface area (Å²) in [5.74, 6) is 0.886. The Hall–Kier alpha value is -3.16. The van der Waals surface area contributed by atoms with E-state index in [0.717, 1.165) is 29.4 Å². The number of fused-ring (bicyclic) bond motifs is 2. The predicted octanol–water partition coefficient (Wildman–Crippen LogP) is 4.96. The fourth-order valence-electron chi connectivity index (χ4n) is 6.02. The molecule has 180 valence electrons. The highest BCUT2D eigenvalue weighted by atomic mass is 16.4. The van der Waals surface area contributed by atoms with Gasteiger partial charge in [-0.25, -0.2) is 14.8 Å². The smallest absolute Gasteiger partial charge is 0.323 e. The zero-order valence-corrected chi connectivity index (χ0v) is 19.8. The van der Waals surface area contributed by atoms with E-state index in [0.29, 0.717) is 30.0 Å². The van der Waals surface area contributed by atoms with Gasteiger partial charge in [0, 0.05) is 12.6 Å². The fourth-order valence-corrected chi connectivity index (χ4v) is 6.02. The number of rotatable bonds is 8. The number of hydrogen-bond donors (Lipinski definition) is 3. The van der Waals surface area contributed by atoms with Gasteiger partial charge >= 0.3 is 12.0 Å². The molecule has 2 aromatic rings. The number of nitrogens with zero attached hydrogens (tertiary/aromatic N) is 3. The van der Waals surface area contributed by atoms with Gasteiger partial charge in [-0.05, 0) is 67.1 Å². The summed E-state index contributed by atoms with van der Waals surface area (Å²) < 4.78 is 0. The molecular weight excluding hydrogens is 430 g/mol. The van der Waals surface area contributed by atoms with E-state index in [-0.39, 0.29) is 17.9 Å². The number of carbonyl (C=O) groups excluding carboxylic acids is 1. The highest BCUT2D eigenvalue weighted by Gasteiger charge is 2.45. The van der Waals surface area contributed by atoms with Gasteiger partial charge in [-0.15, -0.1) is 0 Å². The molecule has 0 spiro atoms. The first-order chi connectivity index (χ1) is 16.4. The Bertz CT molecular complexity index is 1060. The Labute approximate surface area is 200 Å². The molecule has 0 radical (unpaired) electrons. The zero-order chi connectivity index (χ0) is 23.8. The topological polar surface area (TPSA) is 107 Å². The molecule has 5 rings (SSSR count). The van der Waals surface area contributed by atoms with Crippen LogP contribution in [-0.4, -0.2) is 39.7 Å². The third-order valence-corrected chi connectivity index (χ3v) is 7.60. The number of nitrogens with one attached hydrogen (secondary N) is 2. The predicted molar refractivity (Wildman–Crippen MR) is 131 cm³/mol. The first-order valence-corrected chi connectivity index (χ1v) is 12.4. The van der Waals surface area contributed by atoms with Gasteiger partial charge < -0.3 is 20.6 Å². The molecule has 1 heterocycles. The number of carboxylic acid groups (broad SMARTS) is 1. The van der Waals surface area contributed by atoms with Gasteiger partial charge in [0.1, 0.15) is 6.33 Å². The minimum atomic E-state index is -0.756. The van der Waals surface area contributed by atoms with Crippen molar-refractivity contribution in [3.8, 4) is 0 Å². The quantitative estimate of drug-likeness (QED) is 0.511. The monoisotopic (exact) mass is 463 g/mol. The summed E-state index contributed by atoms with van der Waals surface area (Å²) in [7, 11) is 0. The van der Waals surface area contributed by atoms with Crippen LogP contribution in [0.4, 0.5) is 21.9 Å². The molecule has 8 nitrogen and oxygen atoms in total. The molecule has 0 saturated heterocycles. The standard InChI is InChI=1S/C26H33N5O3/c1-15(2)13-31(24-8-16-3-4-18(24)7-16)23-6-5-17(20-10-21(20)25(32)33)9-22(23)30-26(34)29-19-11-27-14-28-12-19/h5-6,9,11-12,14-16,18,20-21,24H,3-4,7-8,10,13H2,1-2H3,(H,32,33)(H2,29,30,34)/t16-,18+,20+,21+,24+/m0/s1. The van der Waals surface area contributed by atoms with Crippen molar-refractivity contribution < 1.29 is 14.7 Å². The Morgan fingerprint density at radius 2 is 1.91 bits per heavy atom. The van der Waals surface area contributed by atoms with Gasteiger partial charge in [0.15, 0.2) is 0 Å². The number of aliphatic carboxylic acids is 1. The Balaban J connectivity index is 1.45. The zero-order valence-electron chi connectivity index (χ0n) is 19.8. The molecule has 1 aromatic carbocycles. The molecule has 0 aliphatic heterocycles. The number of hydrogen-bond acceptors (Lipinski definition) is 5. The van der Waals surface area contributed by atoms with Crippen LogP contribution in [0.3, 0.4) is 0 Å². The van der Waals surface area contributed by atoms with Crippen LogP contribution in [0.2, 0.25) is 0 Å². The molecule has 8 heteroatoms. The molecule has 1 aromatic heterocycles. The SMILES string of the molecule is CC(C)CN(c1ccc([C@H]2C[C@H]2C(=O)O)cc1NC(=O)Nc1cncnc1)[C@@H]1C[C@H]2CC[C@@H]1C2. The summed E-state index contributed by atoms with van der Waals surface area (Å²) in [5, 5.41) is 15.3. The Kier molecular flexibility index (Phi) is 6.15. The van der Waals surface area contributed by atoms with E-state index in [1.54, 1.807) is 12.4 Å². The Morgan fingerprint density at radius 1 is 1.12 bits per heavy atom. The minimum absolute atomic E-state index is 0.00118. The highest BCUT2D eigenvalue weighted by Crippen LogP contribution is 2.51. The third kappa shape index (κ3) is 4.72. The van der Waals surface area contributed by atoms with E-state index in [2.05, 4.69) is 51.5 Å². The maximum Gasteiger partial charge on any atom is 0.323 e. The molecule has 3 saturated carbocycles. The van der Waals surface area contributed by atoms with Crippen molar-refractivity contribution >= 4 is 29.1 Å². The fraction of sp³-hybridized carbons (Fsp3) is 0.538. The molecule has 3 aliphatic rings. The number of aromatic nitrogens is 2. The third-order valence-electron chi connectivity index (χ3n) is 7.60. The van der Waals surface area contributed by atoms with Crippen LogP contribution in [0, 0.1) is 23.7 Å². The molecule has 2 amide bonds. The second-order valence-electron chi connectivity index (χ2n) is 10.6. The van der Waals surface area contributed by atoms with Gasteiger partial charge in [0.2, 0.25) is 0 Å². The van der Waals surface area contributed by atoms with E-state index in [9.17, 15) is 14.7 Å². The summed E-state index contributed by atoms with van der Waals surface area (Å²) in [6.07, 6.45) is 10.3. The van der Waals surface area contributed by atoms with Gasteiger partial charge in [-0.1, -0.05) is 26.3 Å². The maximum atomic E-state index is 12.9. The number of anilines is 3. The normalized spacial score (nSPS) is 27.0. The van der Waals surface area contributed by atoms with E-state index in [1.807, 2.05) is 6.07 Å². The molecule has 3 N–H and O–H groups in total. The van der Waals surface area contributed by atoms with Crippen molar-refractivity contribution in [3.63, 3.8) is 0 Å². The summed E-state index contributed by atoms with van der Waals surface area (Å²) in [6.45, 7) is 5.37. The second kappa shape index (κ2) is 9.24. The molecule has 34 heavy (non-hydrogen) atoms. The van der Waals surface area contributed by atoms with E-state index >= 15 is 0 Å². The van der Waals surface area contributed by atoms with Crippen LogP contribution in [0.15, 0.2) is 36.9 Å². The highest BCUT2D eigenvalue weighted by molar-refractivity contribution is 6.02. The van der Waals surface area contributed by atoms with E-state index in [1.165, 1.54) is 32.0 Å². The van der Waals surface area contributed by atoms with Crippen molar-refractivity contribution in [2.24, 2.45) is 23.7 Å². The van der Waals surface area contributed by atoms with Gasteiger partial charge in [0.25, 0.3) is 0 Å². The van der Waals surface area contributed by atoms with Crippen LogP contribution >= 0.6 is 0 Å². The van der Waals surface area contributed by atoms with Crippen LogP contribution < -0.4 is 15.5 Å². The molecule has 3 aliphatic carbocycles. The summed E-state index contributed by atoms with van der Waals surface area (Å²) in [4.78, 5) is 34.8. The molecule has 3 fully saturated rings. The van der Waals surface area contributed by atoms with E-state index in [4.69, 9.17) is 0 Å². The average molecular weight is 464 g/mol. The first-order valence-electron chi connectivity index (χ1n) is 12.4. The van der Waals surface area contributed by atoms with Crippen LogP contribution in [0.25, 0.3) is 0 Å². The lowest BCUT2D eigenvalue weighted by molar-refractivity contribution is -0.138. The van der Waals surface area contributed by atoms with Gasteiger partial charge in [0.05, 0.1) is 35.4 Å². The van der Waals surface area contributed by atoms with Crippen molar-refractivity contribution in [2.75, 3.05) is 22.1 Å². The lowest BCUT2D eigenvalue weighted by Crippen LogP contribution is -2.42. The van der Waals surface area contributed by atoms with E-state index < -0.39 is 5.97 Å². The molecular formula is C26H33N5O3. The lowest BCUT2D eigenvalue weighted by atomic mass is 9.92. The summed E-state index contributed by atoms with van der Waals surface area (Å²) in [5.41, 5.74) is 3.22. The average Bonchev–Trinajstić information content (AvgIpc) is 3.34. The lowest BCUT2D eigenvalue weighted by Gasteiger charge is -2.39. The number of benzene rings is 1. The van der Waals surface area contributed by atoms with Crippen LogP contribution in [0.1, 0.15) is 57.4 Å². The van der Waals surface area contributed by atoms with Crippen LogP contribution in [0.5, 0.6) is 0 Å². The summed E-state index contributed by atoms with van der Waals surface area (Å²) >= 11 is 0. The number of carbonyl (C=O) groups is 2. The van der Waals surface area contributed by atoms with Crippen molar-refractivity contribution in [3.05, 3.63) is 42.5 Å². The van der Waals surface area contributed by atoms with Crippen molar-refractivity contribution in [2.45, 2.75) is 57.9 Å². The summed E-state index contributed by atoms with van der Waals surface area (Å²) in [6, 6.07) is 6.23. The molecule has 0 unspecified atom stereocenters. The second-order valence-corrected chi connectivity index (χ2v) is 10.6. The number of amides is 2. The maximum absolute atomic E-state index is 12.9. The molecule has 2 bridgehead atoms.